The molecule has 0 amide bonds. The summed E-state index contributed by atoms with van der Waals surface area (Å²) in [5.41, 5.74) is 4.70. The second kappa shape index (κ2) is 5.75. The zero-order chi connectivity index (χ0) is 13.9. The molecule has 3 heteroatoms. The minimum absolute atomic E-state index is 0.328. The number of benzene rings is 1. The van der Waals surface area contributed by atoms with Crippen LogP contribution in [0.4, 0.5) is 0 Å². The van der Waals surface area contributed by atoms with Crippen molar-refractivity contribution in [3.63, 3.8) is 0 Å². The minimum Gasteiger partial charge on any atom is -0.352 e. The summed E-state index contributed by atoms with van der Waals surface area (Å²) in [4.78, 5) is 1.25. The largest absolute Gasteiger partial charge is 0.352 e. The Morgan fingerprint density at radius 3 is 2.40 bits per heavy atom. The van der Waals surface area contributed by atoms with Crippen LogP contribution in [-0.2, 0) is 9.47 Å². The average molecular weight is 284 g/mol. The van der Waals surface area contributed by atoms with Gasteiger partial charge in [-0.1, -0.05) is 30.3 Å². The van der Waals surface area contributed by atoms with Gasteiger partial charge < -0.3 is 9.47 Å². The van der Waals surface area contributed by atoms with Gasteiger partial charge in [-0.05, 0) is 40.3 Å². The first-order valence-electron chi connectivity index (χ1n) is 6.45. The Balaban J connectivity index is 2.08. The van der Waals surface area contributed by atoms with Gasteiger partial charge in [0.1, 0.15) is 0 Å². The molecule has 0 atom stereocenters. The number of fused-ring (bicyclic) bond motifs is 1. The van der Waals surface area contributed by atoms with E-state index in [0.717, 1.165) is 5.57 Å². The van der Waals surface area contributed by atoms with Crippen LogP contribution in [0, 0.1) is 0 Å². The van der Waals surface area contributed by atoms with Crippen molar-refractivity contribution in [2.45, 2.75) is 6.29 Å². The van der Waals surface area contributed by atoms with Crippen molar-refractivity contribution in [3.05, 3.63) is 63.9 Å². The Hall–Kier alpha value is -1.68. The summed E-state index contributed by atoms with van der Waals surface area (Å²) in [6, 6.07) is 12.5. The SMILES string of the molecule is COC(OC)C1=C/C(=C\c2cccs2)c2ccccc21. The third-order valence-electron chi connectivity index (χ3n) is 3.38. The smallest absolute Gasteiger partial charge is 0.183 e. The van der Waals surface area contributed by atoms with E-state index in [-0.39, 0.29) is 6.29 Å². The van der Waals surface area contributed by atoms with Gasteiger partial charge in [-0.25, -0.2) is 0 Å². The van der Waals surface area contributed by atoms with Crippen molar-refractivity contribution in [1.82, 2.24) is 0 Å². The van der Waals surface area contributed by atoms with Crippen LogP contribution in [0.5, 0.6) is 0 Å². The lowest BCUT2D eigenvalue weighted by Gasteiger charge is -2.15. The van der Waals surface area contributed by atoms with Crippen molar-refractivity contribution in [2.75, 3.05) is 14.2 Å². The summed E-state index contributed by atoms with van der Waals surface area (Å²) < 4.78 is 10.8. The molecule has 1 aromatic heterocycles. The molecule has 0 saturated carbocycles. The van der Waals surface area contributed by atoms with E-state index < -0.39 is 0 Å². The number of methoxy groups -OCH3 is 2. The Labute approximate surface area is 123 Å². The molecule has 2 aromatic rings. The number of allylic oxidation sites excluding steroid dienone is 2. The quantitative estimate of drug-likeness (QED) is 0.779. The Morgan fingerprint density at radius 1 is 1.00 bits per heavy atom. The Morgan fingerprint density at radius 2 is 1.75 bits per heavy atom. The maximum Gasteiger partial charge on any atom is 0.183 e. The third kappa shape index (κ3) is 2.36. The molecule has 102 valence electrons. The highest BCUT2D eigenvalue weighted by atomic mass is 32.1. The van der Waals surface area contributed by atoms with E-state index in [1.54, 1.807) is 25.6 Å². The lowest BCUT2D eigenvalue weighted by atomic mass is 10.0. The van der Waals surface area contributed by atoms with E-state index in [1.165, 1.54) is 21.6 Å². The van der Waals surface area contributed by atoms with E-state index in [2.05, 4.69) is 47.9 Å². The molecule has 0 saturated heterocycles. The second-order valence-electron chi connectivity index (χ2n) is 4.56. The molecular formula is C17H16O2S. The summed E-state index contributed by atoms with van der Waals surface area (Å²) in [5, 5.41) is 2.09. The molecule has 0 bridgehead atoms. The van der Waals surface area contributed by atoms with Crippen LogP contribution >= 0.6 is 11.3 Å². The van der Waals surface area contributed by atoms with Gasteiger partial charge >= 0.3 is 0 Å². The fourth-order valence-electron chi connectivity index (χ4n) is 2.50. The van der Waals surface area contributed by atoms with E-state index in [0.29, 0.717) is 0 Å². The molecule has 0 fully saturated rings. The van der Waals surface area contributed by atoms with E-state index in [4.69, 9.17) is 9.47 Å². The van der Waals surface area contributed by atoms with Crippen LogP contribution in [0.3, 0.4) is 0 Å². The highest BCUT2D eigenvalue weighted by Crippen LogP contribution is 2.39. The molecule has 0 spiro atoms. The maximum atomic E-state index is 5.41. The molecule has 1 aliphatic rings. The number of ether oxygens (including phenoxy) is 2. The van der Waals surface area contributed by atoms with Crippen molar-refractivity contribution >= 4 is 28.6 Å². The molecule has 3 rings (SSSR count). The van der Waals surface area contributed by atoms with Crippen LogP contribution in [0.25, 0.3) is 17.2 Å². The highest BCUT2D eigenvalue weighted by molar-refractivity contribution is 7.10. The van der Waals surface area contributed by atoms with Crippen molar-refractivity contribution < 1.29 is 9.47 Å². The first-order valence-corrected chi connectivity index (χ1v) is 7.33. The normalized spacial score (nSPS) is 15.8. The van der Waals surface area contributed by atoms with Crippen LogP contribution in [0.1, 0.15) is 16.0 Å². The highest BCUT2D eigenvalue weighted by Gasteiger charge is 2.24. The van der Waals surface area contributed by atoms with Crippen molar-refractivity contribution in [1.29, 1.82) is 0 Å². The van der Waals surface area contributed by atoms with Gasteiger partial charge in [0.25, 0.3) is 0 Å². The predicted octanol–water partition coefficient (Wildman–Crippen LogP) is 4.30. The Kier molecular flexibility index (Phi) is 3.83. The molecule has 0 N–H and O–H groups in total. The molecule has 1 aromatic carbocycles. The van der Waals surface area contributed by atoms with Crippen molar-refractivity contribution in [3.8, 4) is 0 Å². The second-order valence-corrected chi connectivity index (χ2v) is 5.54. The van der Waals surface area contributed by atoms with E-state index in [9.17, 15) is 0 Å². The van der Waals surface area contributed by atoms with Gasteiger partial charge in [-0.3, -0.25) is 0 Å². The molecule has 2 nitrogen and oxygen atoms in total. The third-order valence-corrected chi connectivity index (χ3v) is 4.20. The number of hydrogen-bond donors (Lipinski definition) is 0. The average Bonchev–Trinajstić information content (AvgIpc) is 3.10. The summed E-state index contributed by atoms with van der Waals surface area (Å²) in [7, 11) is 3.33. The molecule has 1 aliphatic carbocycles. The fourth-order valence-corrected chi connectivity index (χ4v) is 3.17. The molecule has 0 aliphatic heterocycles. The summed E-state index contributed by atoms with van der Waals surface area (Å²) in [6.07, 6.45) is 4.03. The van der Waals surface area contributed by atoms with Gasteiger partial charge in [-0.15, -0.1) is 11.3 Å². The van der Waals surface area contributed by atoms with Gasteiger partial charge in [0.2, 0.25) is 0 Å². The number of thiophene rings is 1. The predicted molar refractivity (Wildman–Crippen MR) is 84.4 cm³/mol. The standard InChI is InChI=1S/C17H16O2S/c1-18-17(19-2)16-11-12(10-13-6-5-9-20-13)14-7-3-4-8-15(14)16/h3-11,17H,1-2H3/b12-10+. The van der Waals surface area contributed by atoms with E-state index in [1.807, 2.05) is 6.07 Å². The van der Waals surface area contributed by atoms with Gasteiger partial charge in [0.15, 0.2) is 6.29 Å². The monoisotopic (exact) mass is 284 g/mol. The summed E-state index contributed by atoms with van der Waals surface area (Å²) >= 11 is 1.74. The molecule has 1 heterocycles. The lowest BCUT2D eigenvalue weighted by molar-refractivity contribution is -0.0588. The topological polar surface area (TPSA) is 18.5 Å². The number of hydrogen-bond acceptors (Lipinski definition) is 3. The van der Waals surface area contributed by atoms with Crippen LogP contribution in [-0.4, -0.2) is 20.5 Å². The first kappa shape index (κ1) is 13.3. The maximum absolute atomic E-state index is 5.41. The van der Waals surface area contributed by atoms with E-state index >= 15 is 0 Å². The van der Waals surface area contributed by atoms with Crippen LogP contribution in [0.2, 0.25) is 0 Å². The van der Waals surface area contributed by atoms with Crippen LogP contribution < -0.4 is 0 Å². The zero-order valence-corrected chi connectivity index (χ0v) is 12.3. The summed E-state index contributed by atoms with van der Waals surface area (Å²) in [5.74, 6) is 0. The fraction of sp³-hybridized carbons (Fsp3) is 0.176. The minimum atomic E-state index is -0.328. The Bertz CT molecular complexity index is 649. The van der Waals surface area contributed by atoms with Gasteiger partial charge in [0.05, 0.1) is 0 Å². The molecular weight excluding hydrogens is 268 g/mol. The molecule has 20 heavy (non-hydrogen) atoms. The van der Waals surface area contributed by atoms with Gasteiger partial charge in [-0.2, -0.15) is 0 Å². The first-order chi connectivity index (χ1) is 9.83. The lowest BCUT2D eigenvalue weighted by Crippen LogP contribution is -2.14. The van der Waals surface area contributed by atoms with Crippen molar-refractivity contribution in [2.24, 2.45) is 0 Å². The van der Waals surface area contributed by atoms with Gasteiger partial charge in [0, 0.05) is 24.7 Å². The summed E-state index contributed by atoms with van der Waals surface area (Å²) in [6.45, 7) is 0. The number of rotatable bonds is 4. The molecule has 0 radical (unpaired) electrons. The molecule has 0 unspecified atom stereocenters. The van der Waals surface area contributed by atoms with Crippen LogP contribution in [0.15, 0.2) is 47.9 Å². The zero-order valence-electron chi connectivity index (χ0n) is 11.5.